The molecule has 2 aromatic carbocycles. The van der Waals surface area contributed by atoms with E-state index < -0.39 is 5.56 Å². The first-order valence-electron chi connectivity index (χ1n) is 10.8. The molecule has 0 aliphatic rings. The number of carbonyl (C=O) groups is 1. The number of H-pyrrole nitrogens is 1. The van der Waals surface area contributed by atoms with Gasteiger partial charge >= 0.3 is 0 Å². The third-order valence-electron chi connectivity index (χ3n) is 4.92. The number of hydrogen-bond acceptors (Lipinski definition) is 7. The zero-order chi connectivity index (χ0) is 24.3. The zero-order valence-corrected chi connectivity index (χ0v) is 19.1. The van der Waals surface area contributed by atoms with Crippen molar-refractivity contribution >= 4 is 5.91 Å². The highest BCUT2D eigenvalue weighted by Gasteiger charge is 2.12. The van der Waals surface area contributed by atoms with E-state index in [9.17, 15) is 14.0 Å². The van der Waals surface area contributed by atoms with Gasteiger partial charge in [-0.05, 0) is 42.3 Å². The third kappa shape index (κ3) is 7.11. The zero-order valence-electron chi connectivity index (χ0n) is 19.1. The second-order valence-corrected chi connectivity index (χ2v) is 7.43. The van der Waals surface area contributed by atoms with Gasteiger partial charge in [-0.15, -0.1) is 10.2 Å². The maximum Gasteiger partial charge on any atom is 0.273 e. The minimum absolute atomic E-state index is 0.134. The summed E-state index contributed by atoms with van der Waals surface area (Å²) in [6, 6.07) is 11.2. The molecule has 2 N–H and O–H groups in total. The molecular formula is C24H27FN4O5. The highest BCUT2D eigenvalue weighted by molar-refractivity contribution is 5.76. The van der Waals surface area contributed by atoms with E-state index >= 15 is 0 Å². The van der Waals surface area contributed by atoms with E-state index in [0.29, 0.717) is 35.8 Å². The smallest absolute Gasteiger partial charge is 0.273 e. The summed E-state index contributed by atoms with van der Waals surface area (Å²) in [7, 11) is 3.09. The van der Waals surface area contributed by atoms with E-state index in [-0.39, 0.29) is 42.7 Å². The van der Waals surface area contributed by atoms with Gasteiger partial charge in [0.1, 0.15) is 18.1 Å². The number of rotatable bonds is 12. The molecule has 0 spiro atoms. The van der Waals surface area contributed by atoms with Crippen molar-refractivity contribution in [3.63, 3.8) is 0 Å². The summed E-state index contributed by atoms with van der Waals surface area (Å²) in [6.45, 7) is 1.24. The second-order valence-electron chi connectivity index (χ2n) is 7.43. The maximum atomic E-state index is 13.4. The quantitative estimate of drug-likeness (QED) is 0.391. The average molecular weight is 471 g/mol. The standard InChI is InChI=1S/C24H27FN4O5/c1-32-12-4-11-26-22(30)10-8-19-24(31)27-23(29-28-19)17-7-9-20(21(14-17)33-2)34-15-16-5-3-6-18(25)13-16/h3,5-7,9,13-14H,4,8,10-12,15H2,1-2H3,(H,26,30)(H,27,29,31). The Hall–Kier alpha value is -3.79. The van der Waals surface area contributed by atoms with Gasteiger partial charge in [-0.3, -0.25) is 9.59 Å². The highest BCUT2D eigenvalue weighted by Crippen LogP contribution is 2.31. The molecule has 34 heavy (non-hydrogen) atoms. The molecule has 0 unspecified atom stereocenters. The Labute approximate surface area is 196 Å². The van der Waals surface area contributed by atoms with Crippen LogP contribution in [0.2, 0.25) is 0 Å². The van der Waals surface area contributed by atoms with Crippen LogP contribution in [0.5, 0.6) is 11.5 Å². The number of aryl methyl sites for hydroxylation is 1. The van der Waals surface area contributed by atoms with Crippen LogP contribution in [0.1, 0.15) is 24.1 Å². The average Bonchev–Trinajstić information content (AvgIpc) is 2.84. The second kappa shape index (κ2) is 12.4. The molecule has 0 aliphatic heterocycles. The van der Waals surface area contributed by atoms with Gasteiger partial charge in [-0.2, -0.15) is 0 Å². The molecular weight excluding hydrogens is 443 g/mol. The van der Waals surface area contributed by atoms with E-state index in [1.165, 1.54) is 19.2 Å². The van der Waals surface area contributed by atoms with E-state index in [1.54, 1.807) is 37.4 Å². The predicted molar refractivity (Wildman–Crippen MR) is 123 cm³/mol. The Kier molecular flexibility index (Phi) is 9.10. The van der Waals surface area contributed by atoms with Crippen LogP contribution in [-0.2, 0) is 22.6 Å². The lowest BCUT2D eigenvalue weighted by atomic mass is 10.2. The lowest BCUT2D eigenvalue weighted by Gasteiger charge is -2.12. The monoisotopic (exact) mass is 470 g/mol. The van der Waals surface area contributed by atoms with Crippen molar-refractivity contribution in [3.05, 3.63) is 69.9 Å². The van der Waals surface area contributed by atoms with Gasteiger partial charge in [0, 0.05) is 38.7 Å². The molecule has 1 aromatic heterocycles. The van der Waals surface area contributed by atoms with Crippen molar-refractivity contribution < 1.29 is 23.4 Å². The first-order chi connectivity index (χ1) is 16.5. The van der Waals surface area contributed by atoms with Gasteiger partial charge in [0.05, 0.1) is 7.11 Å². The molecule has 0 aliphatic carbocycles. The van der Waals surface area contributed by atoms with Crippen LogP contribution in [0, 0.1) is 5.82 Å². The lowest BCUT2D eigenvalue weighted by Crippen LogP contribution is -2.27. The predicted octanol–water partition coefficient (Wildman–Crippen LogP) is 2.64. The first kappa shape index (κ1) is 24.8. The SMILES string of the molecule is COCCCNC(=O)CCc1nnc(-c2ccc(OCc3cccc(F)c3)c(OC)c2)[nH]c1=O. The summed E-state index contributed by atoms with van der Waals surface area (Å²) in [5.74, 6) is 0.634. The number of nitrogens with one attached hydrogen (secondary N) is 2. The number of hydrogen-bond donors (Lipinski definition) is 2. The van der Waals surface area contributed by atoms with Crippen molar-refractivity contribution in [2.45, 2.75) is 25.9 Å². The number of methoxy groups -OCH3 is 2. The van der Waals surface area contributed by atoms with E-state index in [2.05, 4.69) is 20.5 Å². The molecule has 0 saturated heterocycles. The van der Waals surface area contributed by atoms with Gasteiger partial charge in [-0.25, -0.2) is 4.39 Å². The van der Waals surface area contributed by atoms with Crippen LogP contribution in [0.4, 0.5) is 4.39 Å². The number of amides is 1. The van der Waals surface area contributed by atoms with Crippen LogP contribution in [0.25, 0.3) is 11.4 Å². The number of halogens is 1. The molecule has 9 nitrogen and oxygen atoms in total. The normalized spacial score (nSPS) is 10.7. The third-order valence-corrected chi connectivity index (χ3v) is 4.92. The minimum atomic E-state index is -0.414. The number of ether oxygens (including phenoxy) is 3. The lowest BCUT2D eigenvalue weighted by molar-refractivity contribution is -0.121. The molecule has 1 amide bonds. The molecule has 1 heterocycles. The Morgan fingerprint density at radius 2 is 1.97 bits per heavy atom. The highest BCUT2D eigenvalue weighted by atomic mass is 19.1. The van der Waals surface area contributed by atoms with Crippen molar-refractivity contribution in [1.29, 1.82) is 0 Å². The summed E-state index contributed by atoms with van der Waals surface area (Å²) >= 11 is 0. The maximum absolute atomic E-state index is 13.4. The summed E-state index contributed by atoms with van der Waals surface area (Å²) in [5, 5.41) is 10.8. The fourth-order valence-corrected chi connectivity index (χ4v) is 3.14. The van der Waals surface area contributed by atoms with Gasteiger partial charge in [0.25, 0.3) is 5.56 Å². The van der Waals surface area contributed by atoms with Crippen LogP contribution >= 0.6 is 0 Å². The van der Waals surface area contributed by atoms with E-state index in [1.807, 2.05) is 0 Å². The number of aromatic amines is 1. The topological polar surface area (TPSA) is 115 Å². The molecule has 3 rings (SSSR count). The Morgan fingerprint density at radius 1 is 1.12 bits per heavy atom. The number of benzene rings is 2. The van der Waals surface area contributed by atoms with E-state index in [4.69, 9.17) is 14.2 Å². The molecule has 0 atom stereocenters. The number of nitrogens with zero attached hydrogens (tertiary/aromatic N) is 2. The van der Waals surface area contributed by atoms with Crippen molar-refractivity contribution in [1.82, 2.24) is 20.5 Å². The van der Waals surface area contributed by atoms with Crippen LogP contribution in [0.15, 0.2) is 47.3 Å². The largest absolute Gasteiger partial charge is 0.493 e. The van der Waals surface area contributed by atoms with Crippen LogP contribution < -0.4 is 20.3 Å². The molecule has 180 valence electrons. The number of aromatic nitrogens is 3. The van der Waals surface area contributed by atoms with E-state index in [0.717, 1.165) is 6.42 Å². The molecule has 0 saturated carbocycles. The fourth-order valence-electron chi connectivity index (χ4n) is 3.14. The van der Waals surface area contributed by atoms with Crippen molar-refractivity contribution in [3.8, 4) is 22.9 Å². The van der Waals surface area contributed by atoms with Crippen molar-refractivity contribution in [2.24, 2.45) is 0 Å². The Balaban J connectivity index is 1.63. The fraction of sp³-hybridized carbons (Fsp3) is 0.333. The number of carbonyl (C=O) groups excluding carboxylic acids is 1. The van der Waals surface area contributed by atoms with Crippen LogP contribution in [0.3, 0.4) is 0 Å². The van der Waals surface area contributed by atoms with Crippen LogP contribution in [-0.4, -0.2) is 48.5 Å². The molecule has 0 radical (unpaired) electrons. The van der Waals surface area contributed by atoms with Gasteiger partial charge in [-0.1, -0.05) is 12.1 Å². The molecule has 0 fully saturated rings. The summed E-state index contributed by atoms with van der Waals surface area (Å²) in [6.07, 6.45) is 1.03. The minimum Gasteiger partial charge on any atom is -0.493 e. The first-order valence-corrected chi connectivity index (χ1v) is 10.8. The van der Waals surface area contributed by atoms with Gasteiger partial charge in [0.2, 0.25) is 5.91 Å². The summed E-state index contributed by atoms with van der Waals surface area (Å²) < 4.78 is 29.4. The Morgan fingerprint density at radius 3 is 2.71 bits per heavy atom. The molecule has 3 aromatic rings. The van der Waals surface area contributed by atoms with Gasteiger partial charge in [0.15, 0.2) is 17.3 Å². The summed E-state index contributed by atoms with van der Waals surface area (Å²) in [4.78, 5) is 27.0. The van der Waals surface area contributed by atoms with Crippen molar-refractivity contribution in [2.75, 3.05) is 27.4 Å². The molecule has 0 bridgehead atoms. The molecule has 10 heteroatoms. The van der Waals surface area contributed by atoms with Gasteiger partial charge < -0.3 is 24.5 Å². The Bertz CT molecular complexity index is 1170. The summed E-state index contributed by atoms with van der Waals surface area (Å²) in [5.41, 5.74) is 1.02.